The van der Waals surface area contributed by atoms with Crippen LogP contribution in [0.4, 0.5) is 13.2 Å². The minimum atomic E-state index is -4.43. The average molecular weight is 339 g/mol. The van der Waals surface area contributed by atoms with Gasteiger partial charge < -0.3 is 9.30 Å². The molecule has 3 aromatic rings. The van der Waals surface area contributed by atoms with E-state index in [1.807, 2.05) is 29.1 Å². The molecule has 0 amide bonds. The van der Waals surface area contributed by atoms with E-state index in [0.717, 1.165) is 24.0 Å². The normalized spacial score (nSPS) is 11.5. The molecule has 0 aliphatic heterocycles. The third kappa shape index (κ3) is 3.48. The molecule has 1 aromatic carbocycles. The van der Waals surface area contributed by atoms with Crippen molar-refractivity contribution in [2.75, 3.05) is 0 Å². The zero-order valence-corrected chi connectivity index (χ0v) is 12.3. The van der Waals surface area contributed by atoms with Crippen molar-refractivity contribution >= 4 is 11.6 Å². The van der Waals surface area contributed by atoms with Crippen molar-refractivity contribution in [1.82, 2.24) is 9.55 Å². The standard InChI is InChI=1S/C16H10ClF3N2O/c17-13-9-12(22-7-1-2-8-22)4-5-14(13)23-15-6-3-11(10-21-15)16(18,19)20/h1-10H. The Morgan fingerprint density at radius 3 is 2.35 bits per heavy atom. The van der Waals surface area contributed by atoms with E-state index in [-0.39, 0.29) is 5.88 Å². The van der Waals surface area contributed by atoms with Gasteiger partial charge in [0.05, 0.1) is 10.6 Å². The molecule has 3 nitrogen and oxygen atoms in total. The van der Waals surface area contributed by atoms with E-state index in [0.29, 0.717) is 10.8 Å². The predicted octanol–water partition coefficient (Wildman–Crippen LogP) is 5.34. The molecule has 0 fully saturated rings. The smallest absolute Gasteiger partial charge is 0.417 e. The largest absolute Gasteiger partial charge is 0.437 e. The van der Waals surface area contributed by atoms with Crippen molar-refractivity contribution in [3.8, 4) is 17.3 Å². The average Bonchev–Trinajstić information content (AvgIpc) is 3.03. The first-order chi connectivity index (χ1) is 10.9. The molecule has 0 aliphatic carbocycles. The lowest BCUT2D eigenvalue weighted by molar-refractivity contribution is -0.137. The zero-order valence-electron chi connectivity index (χ0n) is 11.6. The van der Waals surface area contributed by atoms with E-state index in [4.69, 9.17) is 16.3 Å². The zero-order chi connectivity index (χ0) is 16.4. The molecular weight excluding hydrogens is 329 g/mol. The second-order valence-corrected chi connectivity index (χ2v) is 5.10. The number of aromatic nitrogens is 2. The summed E-state index contributed by atoms with van der Waals surface area (Å²) in [5.41, 5.74) is 0.00614. The minimum absolute atomic E-state index is 0.0358. The van der Waals surface area contributed by atoms with E-state index < -0.39 is 11.7 Å². The molecule has 118 valence electrons. The molecule has 0 N–H and O–H groups in total. The topological polar surface area (TPSA) is 27.1 Å². The molecule has 0 bridgehead atoms. The van der Waals surface area contributed by atoms with Crippen LogP contribution in [0.15, 0.2) is 61.1 Å². The molecule has 2 aromatic heterocycles. The van der Waals surface area contributed by atoms with Gasteiger partial charge in [-0.2, -0.15) is 13.2 Å². The predicted molar refractivity (Wildman–Crippen MR) is 80.1 cm³/mol. The molecule has 0 atom stereocenters. The first-order valence-corrected chi connectivity index (χ1v) is 6.95. The number of benzene rings is 1. The van der Waals surface area contributed by atoms with Gasteiger partial charge in [0, 0.05) is 30.3 Å². The summed E-state index contributed by atoms with van der Waals surface area (Å²) in [4.78, 5) is 3.65. The fourth-order valence-corrected chi connectivity index (χ4v) is 2.17. The summed E-state index contributed by atoms with van der Waals surface area (Å²) >= 11 is 6.15. The number of hydrogen-bond donors (Lipinski definition) is 0. The fourth-order valence-electron chi connectivity index (χ4n) is 1.96. The van der Waals surface area contributed by atoms with Crippen molar-refractivity contribution in [2.24, 2.45) is 0 Å². The maximum Gasteiger partial charge on any atom is 0.417 e. The number of pyridine rings is 1. The van der Waals surface area contributed by atoms with Gasteiger partial charge in [-0.3, -0.25) is 0 Å². The van der Waals surface area contributed by atoms with Crippen LogP contribution < -0.4 is 4.74 Å². The SMILES string of the molecule is FC(F)(F)c1ccc(Oc2ccc(-n3cccc3)cc2Cl)nc1. The van der Waals surface area contributed by atoms with Crippen LogP contribution in [0.25, 0.3) is 5.69 Å². The van der Waals surface area contributed by atoms with Crippen molar-refractivity contribution in [2.45, 2.75) is 6.18 Å². The Bertz CT molecular complexity index is 799. The molecule has 2 heterocycles. The molecule has 0 radical (unpaired) electrons. The van der Waals surface area contributed by atoms with Crippen LogP contribution in [-0.2, 0) is 6.18 Å². The second-order valence-electron chi connectivity index (χ2n) is 4.69. The van der Waals surface area contributed by atoms with E-state index in [9.17, 15) is 13.2 Å². The lowest BCUT2D eigenvalue weighted by Gasteiger charge is -2.10. The number of rotatable bonds is 3. The van der Waals surface area contributed by atoms with Crippen molar-refractivity contribution in [1.29, 1.82) is 0 Å². The number of halogens is 4. The summed E-state index contributed by atoms with van der Waals surface area (Å²) in [5.74, 6) is 0.350. The Morgan fingerprint density at radius 2 is 1.78 bits per heavy atom. The molecule has 3 rings (SSSR count). The third-order valence-corrected chi connectivity index (χ3v) is 3.39. The van der Waals surface area contributed by atoms with Gasteiger partial charge in [-0.05, 0) is 36.4 Å². The van der Waals surface area contributed by atoms with Crippen LogP contribution in [0.2, 0.25) is 5.02 Å². The number of nitrogens with zero attached hydrogens (tertiary/aromatic N) is 2. The number of ether oxygens (including phenoxy) is 1. The van der Waals surface area contributed by atoms with Gasteiger partial charge >= 0.3 is 6.18 Å². The van der Waals surface area contributed by atoms with Gasteiger partial charge in [0.25, 0.3) is 0 Å². The molecule has 23 heavy (non-hydrogen) atoms. The molecule has 0 saturated carbocycles. The van der Waals surface area contributed by atoms with Crippen LogP contribution >= 0.6 is 11.6 Å². The van der Waals surface area contributed by atoms with Crippen molar-refractivity contribution in [3.63, 3.8) is 0 Å². The highest BCUT2D eigenvalue weighted by atomic mass is 35.5. The fraction of sp³-hybridized carbons (Fsp3) is 0.0625. The highest BCUT2D eigenvalue weighted by Crippen LogP contribution is 2.32. The minimum Gasteiger partial charge on any atom is -0.437 e. The third-order valence-electron chi connectivity index (χ3n) is 3.10. The van der Waals surface area contributed by atoms with E-state index in [2.05, 4.69) is 4.98 Å². The van der Waals surface area contributed by atoms with E-state index in [1.54, 1.807) is 18.2 Å². The highest BCUT2D eigenvalue weighted by molar-refractivity contribution is 6.32. The Hall–Kier alpha value is -2.47. The summed E-state index contributed by atoms with van der Waals surface area (Å²) in [6, 6.07) is 10.9. The van der Waals surface area contributed by atoms with Crippen molar-refractivity contribution in [3.05, 3.63) is 71.6 Å². The lowest BCUT2D eigenvalue weighted by atomic mass is 10.3. The molecule has 7 heteroatoms. The van der Waals surface area contributed by atoms with Crippen LogP contribution in [0.5, 0.6) is 11.6 Å². The molecule has 0 spiro atoms. The molecule has 0 saturated heterocycles. The Balaban J connectivity index is 1.80. The summed E-state index contributed by atoms with van der Waals surface area (Å²) in [6.07, 6.45) is 0.0201. The van der Waals surface area contributed by atoms with Crippen LogP contribution in [0.3, 0.4) is 0 Å². The van der Waals surface area contributed by atoms with Crippen molar-refractivity contribution < 1.29 is 17.9 Å². The summed E-state index contributed by atoms with van der Waals surface area (Å²) in [5, 5.41) is 0.331. The molecule has 0 aliphatic rings. The van der Waals surface area contributed by atoms with Crippen LogP contribution in [0, 0.1) is 0 Å². The second kappa shape index (κ2) is 5.96. The maximum absolute atomic E-state index is 12.5. The quantitative estimate of drug-likeness (QED) is 0.644. The summed E-state index contributed by atoms with van der Waals surface area (Å²) in [6.45, 7) is 0. The number of alkyl halides is 3. The monoisotopic (exact) mass is 338 g/mol. The lowest BCUT2D eigenvalue weighted by Crippen LogP contribution is -2.05. The van der Waals surface area contributed by atoms with Gasteiger partial charge in [-0.25, -0.2) is 4.98 Å². The Labute approximate surface area is 134 Å². The van der Waals surface area contributed by atoms with Gasteiger partial charge in [-0.1, -0.05) is 11.6 Å². The Kier molecular flexibility index (Phi) is 4.00. The summed E-state index contributed by atoms with van der Waals surface area (Å²) < 4.78 is 44.8. The van der Waals surface area contributed by atoms with Crippen LogP contribution in [0.1, 0.15) is 5.56 Å². The molecule has 0 unspecified atom stereocenters. The number of hydrogen-bond acceptors (Lipinski definition) is 2. The summed E-state index contributed by atoms with van der Waals surface area (Å²) in [7, 11) is 0. The molecular formula is C16H10ClF3N2O. The van der Waals surface area contributed by atoms with Gasteiger partial charge in [0.1, 0.15) is 5.75 Å². The van der Waals surface area contributed by atoms with Gasteiger partial charge in [0.2, 0.25) is 5.88 Å². The van der Waals surface area contributed by atoms with Gasteiger partial charge in [-0.15, -0.1) is 0 Å². The van der Waals surface area contributed by atoms with E-state index >= 15 is 0 Å². The van der Waals surface area contributed by atoms with E-state index in [1.165, 1.54) is 0 Å². The Morgan fingerprint density at radius 1 is 1.04 bits per heavy atom. The maximum atomic E-state index is 12.5. The first kappa shape index (κ1) is 15.4. The highest BCUT2D eigenvalue weighted by Gasteiger charge is 2.30. The van der Waals surface area contributed by atoms with Crippen LogP contribution in [-0.4, -0.2) is 9.55 Å². The first-order valence-electron chi connectivity index (χ1n) is 6.57. The van der Waals surface area contributed by atoms with Gasteiger partial charge in [0.15, 0.2) is 0 Å².